The van der Waals surface area contributed by atoms with Crippen molar-refractivity contribution in [3.05, 3.63) is 40.5 Å². The largest absolute Gasteiger partial charge is 0.327 e. The summed E-state index contributed by atoms with van der Waals surface area (Å²) in [5.41, 5.74) is 8.79. The molecular formula is C18H22BrN3. The molecule has 4 heteroatoms. The molecule has 0 amide bonds. The topological polar surface area (TPSA) is 42.1 Å². The molecule has 2 aromatic rings. The Morgan fingerprint density at radius 2 is 2.14 bits per heavy atom. The Kier molecular flexibility index (Phi) is 3.93. The molecule has 2 heterocycles. The fraction of sp³-hybridized carbons (Fsp3) is 0.500. The minimum Gasteiger partial charge on any atom is -0.327 e. The first-order valence-corrected chi connectivity index (χ1v) is 9.02. The minimum atomic E-state index is 0.406. The SMILES string of the molecule is NC1CCCC2CN(Cc3ccc(Br)c4cccnc34)CC12. The normalized spacial score (nSPS) is 28.9. The maximum Gasteiger partial charge on any atom is 0.0758 e. The zero-order valence-electron chi connectivity index (χ0n) is 12.7. The van der Waals surface area contributed by atoms with Crippen LogP contribution < -0.4 is 5.73 Å². The Bertz CT molecular complexity index is 687. The van der Waals surface area contributed by atoms with Crippen molar-refractivity contribution < 1.29 is 0 Å². The molecule has 3 nitrogen and oxygen atoms in total. The zero-order valence-corrected chi connectivity index (χ0v) is 14.3. The van der Waals surface area contributed by atoms with E-state index in [0.717, 1.165) is 29.0 Å². The van der Waals surface area contributed by atoms with Gasteiger partial charge in [0.05, 0.1) is 5.52 Å². The standard InChI is InChI=1S/C18H22BrN3/c19-16-7-6-13(18-14(16)4-2-8-21-18)10-22-9-12-3-1-5-17(20)15(12)11-22/h2,4,6-8,12,15,17H,1,3,5,9-11,20H2. The van der Waals surface area contributed by atoms with E-state index in [1.165, 1.54) is 36.8 Å². The molecule has 2 fully saturated rings. The van der Waals surface area contributed by atoms with Gasteiger partial charge in [-0.3, -0.25) is 9.88 Å². The van der Waals surface area contributed by atoms with Crippen LogP contribution in [0.15, 0.2) is 34.9 Å². The Labute approximate surface area is 140 Å². The lowest BCUT2D eigenvalue weighted by molar-refractivity contribution is 0.259. The molecule has 1 aromatic heterocycles. The fourth-order valence-electron chi connectivity index (χ4n) is 4.30. The highest BCUT2D eigenvalue weighted by Gasteiger charge is 2.38. The van der Waals surface area contributed by atoms with Crippen molar-refractivity contribution in [1.29, 1.82) is 0 Å². The summed E-state index contributed by atoms with van der Waals surface area (Å²) >= 11 is 3.63. The van der Waals surface area contributed by atoms with Crippen molar-refractivity contribution in [1.82, 2.24) is 9.88 Å². The molecule has 2 aliphatic rings. The maximum absolute atomic E-state index is 6.34. The van der Waals surface area contributed by atoms with Crippen LogP contribution in [0.5, 0.6) is 0 Å². The van der Waals surface area contributed by atoms with Crippen molar-refractivity contribution in [3.8, 4) is 0 Å². The summed E-state index contributed by atoms with van der Waals surface area (Å²) in [4.78, 5) is 7.19. The summed E-state index contributed by atoms with van der Waals surface area (Å²) in [6.07, 6.45) is 5.75. The van der Waals surface area contributed by atoms with Crippen molar-refractivity contribution in [2.75, 3.05) is 13.1 Å². The summed E-state index contributed by atoms with van der Waals surface area (Å²) in [5, 5.41) is 1.20. The fourth-order valence-corrected chi connectivity index (χ4v) is 4.76. The van der Waals surface area contributed by atoms with Crippen LogP contribution in [0.25, 0.3) is 10.9 Å². The van der Waals surface area contributed by atoms with Gasteiger partial charge in [0, 0.05) is 41.7 Å². The zero-order chi connectivity index (χ0) is 15.1. The number of hydrogen-bond donors (Lipinski definition) is 1. The summed E-state index contributed by atoms with van der Waals surface area (Å²) in [6, 6.07) is 8.90. The van der Waals surface area contributed by atoms with Gasteiger partial charge in [-0.2, -0.15) is 0 Å². The van der Waals surface area contributed by atoms with Gasteiger partial charge >= 0.3 is 0 Å². The molecule has 1 saturated heterocycles. The van der Waals surface area contributed by atoms with E-state index >= 15 is 0 Å². The van der Waals surface area contributed by atoms with E-state index in [2.05, 4.69) is 44.0 Å². The molecule has 1 aliphatic heterocycles. The quantitative estimate of drug-likeness (QED) is 0.891. The number of rotatable bonds is 2. The van der Waals surface area contributed by atoms with Gasteiger partial charge in [-0.15, -0.1) is 0 Å². The third kappa shape index (κ3) is 2.57. The van der Waals surface area contributed by atoms with Gasteiger partial charge in [0.15, 0.2) is 0 Å². The maximum atomic E-state index is 6.34. The van der Waals surface area contributed by atoms with Crippen LogP contribution >= 0.6 is 15.9 Å². The minimum absolute atomic E-state index is 0.406. The Balaban J connectivity index is 1.58. The van der Waals surface area contributed by atoms with Gasteiger partial charge in [0.25, 0.3) is 0 Å². The second-order valence-corrected chi connectivity index (χ2v) is 7.67. The van der Waals surface area contributed by atoms with Gasteiger partial charge in [0.1, 0.15) is 0 Å². The Morgan fingerprint density at radius 1 is 1.23 bits per heavy atom. The average Bonchev–Trinajstić information content (AvgIpc) is 2.95. The molecule has 116 valence electrons. The predicted molar refractivity (Wildman–Crippen MR) is 93.5 cm³/mol. The highest BCUT2D eigenvalue weighted by Crippen LogP contribution is 2.36. The lowest BCUT2D eigenvalue weighted by atomic mass is 9.78. The van der Waals surface area contributed by atoms with Crippen molar-refractivity contribution >= 4 is 26.8 Å². The molecule has 0 spiro atoms. The molecule has 1 aliphatic carbocycles. The third-order valence-corrected chi connectivity index (χ3v) is 6.12. The summed E-state index contributed by atoms with van der Waals surface area (Å²) in [5.74, 6) is 1.50. The lowest BCUT2D eigenvalue weighted by Gasteiger charge is -2.29. The first-order valence-electron chi connectivity index (χ1n) is 8.22. The number of halogens is 1. The highest BCUT2D eigenvalue weighted by atomic mass is 79.9. The average molecular weight is 360 g/mol. The summed E-state index contributed by atoms with van der Waals surface area (Å²) < 4.78 is 1.12. The van der Waals surface area contributed by atoms with E-state index in [0.29, 0.717) is 12.0 Å². The van der Waals surface area contributed by atoms with Crippen molar-refractivity contribution in [3.63, 3.8) is 0 Å². The van der Waals surface area contributed by atoms with Crippen LogP contribution in [0.4, 0.5) is 0 Å². The van der Waals surface area contributed by atoms with Gasteiger partial charge in [-0.25, -0.2) is 0 Å². The van der Waals surface area contributed by atoms with Gasteiger partial charge in [-0.05, 0) is 42.4 Å². The number of hydrogen-bond acceptors (Lipinski definition) is 3. The van der Waals surface area contributed by atoms with Crippen molar-refractivity contribution in [2.24, 2.45) is 17.6 Å². The van der Waals surface area contributed by atoms with Crippen LogP contribution in [0.2, 0.25) is 0 Å². The lowest BCUT2D eigenvalue weighted by Crippen LogP contribution is -2.38. The highest BCUT2D eigenvalue weighted by molar-refractivity contribution is 9.10. The third-order valence-electron chi connectivity index (χ3n) is 5.42. The number of aromatic nitrogens is 1. The Morgan fingerprint density at radius 3 is 3.00 bits per heavy atom. The second-order valence-electron chi connectivity index (χ2n) is 6.82. The smallest absolute Gasteiger partial charge is 0.0758 e. The first-order chi connectivity index (χ1) is 10.7. The van der Waals surface area contributed by atoms with E-state index in [1.807, 2.05) is 12.3 Å². The van der Waals surface area contributed by atoms with E-state index in [4.69, 9.17) is 5.73 Å². The number of nitrogens with two attached hydrogens (primary N) is 1. The molecular weight excluding hydrogens is 338 g/mol. The predicted octanol–water partition coefficient (Wildman–Crippen LogP) is 3.56. The molecule has 0 bridgehead atoms. The van der Waals surface area contributed by atoms with E-state index in [-0.39, 0.29) is 0 Å². The second kappa shape index (κ2) is 5.91. The van der Waals surface area contributed by atoms with Crippen LogP contribution in [-0.4, -0.2) is 29.0 Å². The molecule has 2 N–H and O–H groups in total. The van der Waals surface area contributed by atoms with E-state index in [1.54, 1.807) is 0 Å². The summed E-state index contributed by atoms with van der Waals surface area (Å²) in [6.45, 7) is 3.33. The van der Waals surface area contributed by atoms with Crippen LogP contribution in [0.1, 0.15) is 24.8 Å². The molecule has 1 aromatic carbocycles. The Hall–Kier alpha value is -0.970. The number of nitrogens with zero attached hydrogens (tertiary/aromatic N) is 2. The van der Waals surface area contributed by atoms with Crippen LogP contribution in [-0.2, 0) is 6.54 Å². The van der Waals surface area contributed by atoms with Gasteiger partial charge < -0.3 is 5.73 Å². The number of pyridine rings is 1. The van der Waals surface area contributed by atoms with E-state index < -0.39 is 0 Å². The summed E-state index contributed by atoms with van der Waals surface area (Å²) in [7, 11) is 0. The van der Waals surface area contributed by atoms with Crippen molar-refractivity contribution in [2.45, 2.75) is 31.8 Å². The van der Waals surface area contributed by atoms with Gasteiger partial charge in [-0.1, -0.05) is 34.5 Å². The molecule has 3 unspecified atom stereocenters. The van der Waals surface area contributed by atoms with Crippen LogP contribution in [0, 0.1) is 11.8 Å². The molecule has 22 heavy (non-hydrogen) atoms. The van der Waals surface area contributed by atoms with Gasteiger partial charge in [0.2, 0.25) is 0 Å². The molecule has 4 rings (SSSR count). The number of benzene rings is 1. The first kappa shape index (κ1) is 14.6. The molecule has 0 radical (unpaired) electrons. The van der Waals surface area contributed by atoms with E-state index in [9.17, 15) is 0 Å². The molecule has 3 atom stereocenters. The monoisotopic (exact) mass is 359 g/mol. The van der Waals surface area contributed by atoms with Crippen LogP contribution in [0.3, 0.4) is 0 Å². The number of fused-ring (bicyclic) bond motifs is 2. The number of likely N-dealkylation sites (tertiary alicyclic amines) is 1. The molecule has 1 saturated carbocycles.